The molecule has 2 heteroatoms. The van der Waals surface area contributed by atoms with Crippen LogP contribution >= 0.6 is 0 Å². The van der Waals surface area contributed by atoms with E-state index in [0.717, 1.165) is 6.04 Å². The number of hydrogen-bond donors (Lipinski definition) is 1. The maximum atomic E-state index is 3.62. The lowest BCUT2D eigenvalue weighted by Gasteiger charge is -2.34. The number of H-pyrrole nitrogens is 1. The number of aromatic amines is 1. The van der Waals surface area contributed by atoms with E-state index in [1.165, 1.54) is 55.4 Å². The Morgan fingerprint density at radius 3 is 3.00 bits per heavy atom. The smallest absolute Gasteiger partial charge is 0.0456 e. The Morgan fingerprint density at radius 1 is 1.11 bits per heavy atom. The third kappa shape index (κ3) is 1.67. The van der Waals surface area contributed by atoms with Gasteiger partial charge in [0.05, 0.1) is 0 Å². The van der Waals surface area contributed by atoms with Crippen molar-refractivity contribution in [3.05, 3.63) is 36.0 Å². The number of hydrogen-bond acceptors (Lipinski definition) is 1. The molecule has 0 aliphatic carbocycles. The summed E-state index contributed by atoms with van der Waals surface area (Å²) in [6.07, 6.45) is 5.58. The fraction of sp³-hybridized carbons (Fsp3) is 0.500. The van der Waals surface area contributed by atoms with Crippen molar-refractivity contribution >= 4 is 10.9 Å². The van der Waals surface area contributed by atoms with Crippen molar-refractivity contribution in [2.75, 3.05) is 13.1 Å². The quantitative estimate of drug-likeness (QED) is 0.808. The maximum absolute atomic E-state index is 3.62. The van der Waals surface area contributed by atoms with Crippen molar-refractivity contribution in [3.63, 3.8) is 0 Å². The fourth-order valence-electron chi connectivity index (χ4n) is 3.80. The van der Waals surface area contributed by atoms with Gasteiger partial charge in [-0.05, 0) is 49.7 Å². The van der Waals surface area contributed by atoms with E-state index in [1.54, 1.807) is 0 Å². The van der Waals surface area contributed by atoms with Gasteiger partial charge in [0.2, 0.25) is 0 Å². The van der Waals surface area contributed by atoms with Crippen molar-refractivity contribution in [2.45, 2.75) is 37.6 Å². The summed E-state index contributed by atoms with van der Waals surface area (Å²) in [4.78, 5) is 6.33. The van der Waals surface area contributed by atoms with Crippen molar-refractivity contribution in [1.82, 2.24) is 9.88 Å². The zero-order valence-electron chi connectivity index (χ0n) is 10.7. The molecule has 0 saturated carbocycles. The van der Waals surface area contributed by atoms with Gasteiger partial charge in [-0.25, -0.2) is 0 Å². The molecule has 94 valence electrons. The first-order valence-electron chi connectivity index (χ1n) is 7.22. The molecule has 2 fully saturated rings. The largest absolute Gasteiger partial charge is 0.358 e. The van der Waals surface area contributed by atoms with Gasteiger partial charge in [0, 0.05) is 29.7 Å². The van der Waals surface area contributed by atoms with Crippen LogP contribution in [0.25, 0.3) is 10.9 Å². The second-order valence-electron chi connectivity index (χ2n) is 5.88. The van der Waals surface area contributed by atoms with E-state index in [4.69, 9.17) is 0 Å². The molecule has 1 aromatic heterocycles. The molecule has 0 spiro atoms. The van der Waals surface area contributed by atoms with Gasteiger partial charge in [0.15, 0.2) is 0 Å². The molecule has 1 aromatic carbocycles. The molecular weight excluding hydrogens is 220 g/mol. The van der Waals surface area contributed by atoms with Crippen LogP contribution in [0.2, 0.25) is 0 Å². The summed E-state index contributed by atoms with van der Waals surface area (Å²) in [6, 6.07) is 11.9. The Kier molecular flexibility index (Phi) is 2.44. The van der Waals surface area contributed by atoms with Gasteiger partial charge in [-0.2, -0.15) is 0 Å². The molecule has 0 amide bonds. The highest BCUT2D eigenvalue weighted by Crippen LogP contribution is 2.35. The van der Waals surface area contributed by atoms with Gasteiger partial charge in [-0.1, -0.05) is 18.2 Å². The Morgan fingerprint density at radius 2 is 2.06 bits per heavy atom. The Bertz CT molecular complexity index is 524. The lowest BCUT2D eigenvalue weighted by atomic mass is 9.91. The van der Waals surface area contributed by atoms with Crippen molar-refractivity contribution in [3.8, 4) is 0 Å². The number of rotatable bonds is 1. The average Bonchev–Trinajstić information content (AvgIpc) is 3.04. The first kappa shape index (κ1) is 10.6. The third-order valence-corrected chi connectivity index (χ3v) is 4.79. The lowest BCUT2D eigenvalue weighted by Crippen LogP contribution is -2.38. The third-order valence-electron chi connectivity index (χ3n) is 4.79. The summed E-state index contributed by atoms with van der Waals surface area (Å²) in [5.74, 6) is 0.715. The molecule has 2 aliphatic rings. The number of nitrogens with one attached hydrogen (secondary N) is 1. The van der Waals surface area contributed by atoms with Gasteiger partial charge < -0.3 is 4.98 Å². The molecule has 1 N–H and O–H groups in total. The topological polar surface area (TPSA) is 19.0 Å². The lowest BCUT2D eigenvalue weighted by molar-refractivity contribution is 0.177. The van der Waals surface area contributed by atoms with Gasteiger partial charge in [-0.3, -0.25) is 4.90 Å². The normalized spacial score (nSPS) is 28.7. The average molecular weight is 240 g/mol. The molecule has 2 atom stereocenters. The van der Waals surface area contributed by atoms with E-state index >= 15 is 0 Å². The number of aromatic nitrogens is 1. The minimum Gasteiger partial charge on any atom is -0.358 e. The zero-order valence-corrected chi connectivity index (χ0v) is 10.7. The SMILES string of the molecule is c1ccc2[nH]c(C3CCC4CCCN4C3)cc2c1. The van der Waals surface area contributed by atoms with Gasteiger partial charge >= 0.3 is 0 Å². The summed E-state index contributed by atoms with van der Waals surface area (Å²) < 4.78 is 0. The highest BCUT2D eigenvalue weighted by Gasteiger charge is 2.32. The first-order chi connectivity index (χ1) is 8.90. The van der Waals surface area contributed by atoms with E-state index in [0.29, 0.717) is 5.92 Å². The molecule has 3 heterocycles. The highest BCUT2D eigenvalue weighted by atomic mass is 15.2. The predicted octanol–water partition coefficient (Wildman–Crippen LogP) is 3.51. The van der Waals surface area contributed by atoms with Crippen LogP contribution in [0.4, 0.5) is 0 Å². The zero-order chi connectivity index (χ0) is 11.9. The number of piperidine rings is 1. The summed E-state index contributed by atoms with van der Waals surface area (Å²) in [6.45, 7) is 2.58. The van der Waals surface area contributed by atoms with Crippen LogP contribution in [0.5, 0.6) is 0 Å². The minimum absolute atomic E-state index is 0.715. The molecule has 2 saturated heterocycles. The van der Waals surface area contributed by atoms with Crippen molar-refractivity contribution < 1.29 is 0 Å². The number of benzene rings is 1. The number of nitrogens with zero attached hydrogens (tertiary/aromatic N) is 1. The molecule has 2 aromatic rings. The van der Waals surface area contributed by atoms with E-state index < -0.39 is 0 Å². The van der Waals surface area contributed by atoms with Crippen LogP contribution in [-0.4, -0.2) is 29.0 Å². The standard InChI is InChI=1S/C16H20N2/c1-2-6-15-12(4-1)10-16(17-15)13-7-8-14-5-3-9-18(14)11-13/h1-2,4,6,10,13-14,17H,3,5,7-9,11H2. The van der Waals surface area contributed by atoms with Crippen LogP contribution < -0.4 is 0 Å². The summed E-state index contributed by atoms with van der Waals surface area (Å²) in [7, 11) is 0. The van der Waals surface area contributed by atoms with Crippen LogP contribution in [-0.2, 0) is 0 Å². The Labute approximate surface area is 108 Å². The van der Waals surface area contributed by atoms with Crippen molar-refractivity contribution in [1.29, 1.82) is 0 Å². The molecule has 18 heavy (non-hydrogen) atoms. The number of para-hydroxylation sites is 1. The molecule has 2 nitrogen and oxygen atoms in total. The predicted molar refractivity (Wildman–Crippen MR) is 74.9 cm³/mol. The van der Waals surface area contributed by atoms with Gasteiger partial charge in [0.25, 0.3) is 0 Å². The molecule has 2 aliphatic heterocycles. The monoisotopic (exact) mass is 240 g/mol. The Hall–Kier alpha value is -1.28. The van der Waals surface area contributed by atoms with Crippen LogP contribution in [0, 0.1) is 0 Å². The van der Waals surface area contributed by atoms with Gasteiger partial charge in [-0.15, -0.1) is 0 Å². The first-order valence-corrected chi connectivity index (χ1v) is 7.22. The van der Waals surface area contributed by atoms with E-state index in [2.05, 4.69) is 40.2 Å². The fourth-order valence-corrected chi connectivity index (χ4v) is 3.80. The van der Waals surface area contributed by atoms with Crippen LogP contribution in [0.15, 0.2) is 30.3 Å². The van der Waals surface area contributed by atoms with E-state index in [1.807, 2.05) is 0 Å². The Balaban J connectivity index is 1.62. The van der Waals surface area contributed by atoms with Crippen LogP contribution in [0.1, 0.15) is 37.3 Å². The summed E-state index contributed by atoms with van der Waals surface area (Å²) in [5, 5.41) is 1.36. The second-order valence-corrected chi connectivity index (χ2v) is 5.88. The maximum Gasteiger partial charge on any atom is 0.0456 e. The minimum atomic E-state index is 0.715. The van der Waals surface area contributed by atoms with Gasteiger partial charge in [0.1, 0.15) is 0 Å². The summed E-state index contributed by atoms with van der Waals surface area (Å²) >= 11 is 0. The van der Waals surface area contributed by atoms with Crippen molar-refractivity contribution in [2.24, 2.45) is 0 Å². The number of fused-ring (bicyclic) bond motifs is 2. The molecular formula is C16H20N2. The molecule has 4 rings (SSSR count). The van der Waals surface area contributed by atoms with Crippen LogP contribution in [0.3, 0.4) is 0 Å². The molecule has 0 bridgehead atoms. The van der Waals surface area contributed by atoms with E-state index in [-0.39, 0.29) is 0 Å². The van der Waals surface area contributed by atoms with E-state index in [9.17, 15) is 0 Å². The highest BCUT2D eigenvalue weighted by molar-refractivity contribution is 5.80. The second kappa shape index (κ2) is 4.13. The summed E-state index contributed by atoms with van der Waals surface area (Å²) in [5.41, 5.74) is 2.73. The molecule has 0 radical (unpaired) electrons. The molecule has 2 unspecified atom stereocenters.